The highest BCUT2D eigenvalue weighted by molar-refractivity contribution is 4.83. The topological polar surface area (TPSA) is 29.5 Å². The van der Waals surface area contributed by atoms with Crippen LogP contribution in [0.3, 0.4) is 0 Å². The summed E-state index contributed by atoms with van der Waals surface area (Å²) in [7, 11) is 0. The summed E-state index contributed by atoms with van der Waals surface area (Å²) in [5.41, 5.74) is 0.268. The van der Waals surface area contributed by atoms with Crippen molar-refractivity contribution < 1.29 is 9.84 Å². The lowest BCUT2D eigenvalue weighted by molar-refractivity contribution is -0.101. The van der Waals surface area contributed by atoms with Crippen LogP contribution in [0.15, 0.2) is 0 Å². The molecule has 1 N–H and O–H groups in total. The molecule has 4 unspecified atom stereocenters. The summed E-state index contributed by atoms with van der Waals surface area (Å²) in [4.78, 5) is 0. The van der Waals surface area contributed by atoms with E-state index < -0.39 is 0 Å². The van der Waals surface area contributed by atoms with Gasteiger partial charge in [-0.2, -0.15) is 0 Å². The summed E-state index contributed by atoms with van der Waals surface area (Å²) in [6.45, 7) is 18.3. The molecule has 0 bridgehead atoms. The van der Waals surface area contributed by atoms with Crippen molar-refractivity contribution in [1.82, 2.24) is 0 Å². The van der Waals surface area contributed by atoms with E-state index in [0.29, 0.717) is 17.9 Å². The summed E-state index contributed by atoms with van der Waals surface area (Å²) in [5.74, 6) is 1.26. The quantitative estimate of drug-likeness (QED) is 0.609. The normalized spacial score (nSPS) is 20.2. The van der Waals surface area contributed by atoms with Crippen molar-refractivity contribution in [2.75, 3.05) is 6.61 Å². The summed E-state index contributed by atoms with van der Waals surface area (Å²) in [5, 5.41) is 9.43. The first kappa shape index (κ1) is 19.9. The first-order chi connectivity index (χ1) is 9.09. The third-order valence-electron chi connectivity index (χ3n) is 5.57. The molecule has 0 saturated heterocycles. The molecular weight excluding hydrogens is 248 g/mol. The molecule has 0 fully saturated rings. The van der Waals surface area contributed by atoms with Gasteiger partial charge in [0.1, 0.15) is 0 Å². The van der Waals surface area contributed by atoms with Gasteiger partial charge in [-0.25, -0.2) is 0 Å². The molecule has 0 aromatic rings. The number of ether oxygens (including phenoxy) is 1. The Hall–Kier alpha value is -0.0800. The molecule has 0 spiro atoms. The molecule has 0 rings (SSSR count). The van der Waals surface area contributed by atoms with Gasteiger partial charge in [-0.05, 0) is 50.4 Å². The van der Waals surface area contributed by atoms with Crippen LogP contribution < -0.4 is 0 Å². The van der Waals surface area contributed by atoms with Crippen molar-refractivity contribution in [3.63, 3.8) is 0 Å². The van der Waals surface area contributed by atoms with Crippen molar-refractivity contribution in [3.05, 3.63) is 0 Å². The van der Waals surface area contributed by atoms with Crippen LogP contribution in [-0.2, 0) is 4.74 Å². The van der Waals surface area contributed by atoms with E-state index >= 15 is 0 Å². The Kier molecular flexibility index (Phi) is 8.35. The Morgan fingerprint density at radius 1 is 1.00 bits per heavy atom. The molecule has 2 nitrogen and oxygen atoms in total. The number of rotatable bonds is 10. The van der Waals surface area contributed by atoms with E-state index in [1.165, 1.54) is 19.3 Å². The van der Waals surface area contributed by atoms with Crippen molar-refractivity contribution >= 4 is 0 Å². The molecule has 0 radical (unpaired) electrons. The predicted molar refractivity (Wildman–Crippen MR) is 88.0 cm³/mol. The van der Waals surface area contributed by atoms with Gasteiger partial charge in [0.15, 0.2) is 0 Å². The Bertz CT molecular complexity index is 260. The maximum atomic E-state index is 9.43. The fraction of sp³-hybridized carbons (Fsp3) is 1.00. The fourth-order valence-corrected chi connectivity index (χ4v) is 2.60. The van der Waals surface area contributed by atoms with Crippen LogP contribution in [0.4, 0.5) is 0 Å². The van der Waals surface area contributed by atoms with Crippen molar-refractivity contribution in [1.29, 1.82) is 0 Å². The molecule has 0 aliphatic heterocycles. The standard InChI is InChI=1S/C18H38O2/c1-9-14(3)17(6,7)12-11-15(4)18(8,10-2)20-13-16(5)19/h14-16,19H,9-13H2,1-8H3. The van der Waals surface area contributed by atoms with Crippen LogP contribution in [0.5, 0.6) is 0 Å². The zero-order valence-electron chi connectivity index (χ0n) is 15.1. The molecule has 2 heteroatoms. The van der Waals surface area contributed by atoms with Gasteiger partial charge in [-0.3, -0.25) is 0 Å². The summed E-state index contributed by atoms with van der Waals surface area (Å²) >= 11 is 0. The highest BCUT2D eigenvalue weighted by Gasteiger charge is 2.33. The predicted octanol–water partition coefficient (Wildman–Crippen LogP) is 5.04. The number of hydrogen-bond donors (Lipinski definition) is 1. The highest BCUT2D eigenvalue weighted by Crippen LogP contribution is 2.38. The van der Waals surface area contributed by atoms with E-state index in [4.69, 9.17) is 4.74 Å². The summed E-state index contributed by atoms with van der Waals surface area (Å²) in [6.07, 6.45) is 4.26. The van der Waals surface area contributed by atoms with Crippen molar-refractivity contribution in [2.24, 2.45) is 17.3 Å². The van der Waals surface area contributed by atoms with Crippen molar-refractivity contribution in [3.8, 4) is 0 Å². The Labute approximate surface area is 127 Å². The van der Waals surface area contributed by atoms with E-state index in [9.17, 15) is 5.11 Å². The van der Waals surface area contributed by atoms with E-state index in [2.05, 4.69) is 48.5 Å². The van der Waals surface area contributed by atoms with Gasteiger partial charge >= 0.3 is 0 Å². The van der Waals surface area contributed by atoms with E-state index in [-0.39, 0.29) is 11.7 Å². The van der Waals surface area contributed by atoms with E-state index in [1.54, 1.807) is 6.92 Å². The van der Waals surface area contributed by atoms with Crippen LogP contribution in [0.2, 0.25) is 0 Å². The highest BCUT2D eigenvalue weighted by atomic mass is 16.5. The first-order valence-corrected chi connectivity index (χ1v) is 8.41. The van der Waals surface area contributed by atoms with Gasteiger partial charge in [-0.15, -0.1) is 0 Å². The van der Waals surface area contributed by atoms with Crippen molar-refractivity contribution in [2.45, 2.75) is 92.8 Å². The monoisotopic (exact) mass is 286 g/mol. The maximum absolute atomic E-state index is 9.43. The minimum atomic E-state index is -0.385. The Morgan fingerprint density at radius 3 is 1.95 bits per heavy atom. The van der Waals surface area contributed by atoms with E-state index in [0.717, 1.165) is 12.3 Å². The molecule has 0 aromatic carbocycles. The van der Waals surface area contributed by atoms with E-state index in [1.807, 2.05) is 0 Å². The zero-order valence-corrected chi connectivity index (χ0v) is 15.1. The second-order valence-electron chi connectivity index (χ2n) is 7.56. The number of aliphatic hydroxyl groups excluding tert-OH is 1. The largest absolute Gasteiger partial charge is 0.391 e. The smallest absolute Gasteiger partial charge is 0.0745 e. The average molecular weight is 286 g/mol. The van der Waals surface area contributed by atoms with Gasteiger partial charge in [0.25, 0.3) is 0 Å². The minimum Gasteiger partial charge on any atom is -0.391 e. The second kappa shape index (κ2) is 8.38. The number of aliphatic hydroxyl groups is 1. The number of hydrogen-bond acceptors (Lipinski definition) is 2. The second-order valence-corrected chi connectivity index (χ2v) is 7.56. The molecule has 0 aromatic heterocycles. The molecule has 0 aliphatic carbocycles. The SMILES string of the molecule is CCC(C)C(C)(C)CCC(C)C(C)(CC)OCC(C)O. The Balaban J connectivity index is 4.51. The summed E-state index contributed by atoms with van der Waals surface area (Å²) < 4.78 is 6.00. The third kappa shape index (κ3) is 6.13. The molecule has 0 heterocycles. The van der Waals surface area contributed by atoms with Crippen LogP contribution in [0, 0.1) is 17.3 Å². The Morgan fingerprint density at radius 2 is 1.55 bits per heavy atom. The van der Waals surface area contributed by atoms with Crippen LogP contribution >= 0.6 is 0 Å². The molecule has 20 heavy (non-hydrogen) atoms. The average Bonchev–Trinajstić information content (AvgIpc) is 2.40. The first-order valence-electron chi connectivity index (χ1n) is 8.41. The zero-order chi connectivity index (χ0) is 16.0. The van der Waals surface area contributed by atoms with Gasteiger partial charge in [0.2, 0.25) is 0 Å². The molecule has 0 amide bonds. The van der Waals surface area contributed by atoms with Crippen LogP contribution in [0.25, 0.3) is 0 Å². The maximum Gasteiger partial charge on any atom is 0.0745 e. The fourth-order valence-electron chi connectivity index (χ4n) is 2.60. The van der Waals surface area contributed by atoms with Crippen LogP contribution in [-0.4, -0.2) is 23.4 Å². The summed E-state index contributed by atoms with van der Waals surface area (Å²) in [6, 6.07) is 0. The van der Waals surface area contributed by atoms with Crippen LogP contribution in [0.1, 0.15) is 81.1 Å². The lowest BCUT2D eigenvalue weighted by atomic mass is 9.72. The molecule has 4 atom stereocenters. The lowest BCUT2D eigenvalue weighted by Crippen LogP contribution is -2.38. The molecule has 122 valence electrons. The third-order valence-corrected chi connectivity index (χ3v) is 5.57. The van der Waals surface area contributed by atoms with Gasteiger partial charge < -0.3 is 9.84 Å². The molecule has 0 aliphatic rings. The lowest BCUT2D eigenvalue weighted by Gasteiger charge is -2.38. The van der Waals surface area contributed by atoms with Gasteiger partial charge in [0.05, 0.1) is 18.3 Å². The van der Waals surface area contributed by atoms with Gasteiger partial charge in [0, 0.05) is 0 Å². The molecule has 0 saturated carbocycles. The van der Waals surface area contributed by atoms with Gasteiger partial charge in [-0.1, -0.05) is 48.0 Å². The molecular formula is C18H38O2. The minimum absolute atomic E-state index is 0.122.